The molecule has 0 atom stereocenters. The van der Waals surface area contributed by atoms with Crippen LogP contribution in [0.2, 0.25) is 5.02 Å². The van der Waals surface area contributed by atoms with Crippen LogP contribution in [-0.4, -0.2) is 9.97 Å². The van der Waals surface area contributed by atoms with Gasteiger partial charge < -0.3 is 4.98 Å². The lowest BCUT2D eigenvalue weighted by Crippen LogP contribution is -2.11. The van der Waals surface area contributed by atoms with Gasteiger partial charge in [-0.2, -0.15) is 0 Å². The molecule has 134 valence electrons. The Bertz CT molecular complexity index is 1010. The summed E-state index contributed by atoms with van der Waals surface area (Å²) in [5, 5.41) is 0.168. The van der Waals surface area contributed by atoms with E-state index in [4.69, 9.17) is 11.6 Å². The van der Waals surface area contributed by atoms with Gasteiger partial charge in [-0.25, -0.2) is 8.78 Å². The minimum atomic E-state index is -0.592. The SMILES string of the molecule is Cc1[nH]c(C)c(-c2ccc(CCc3ccc(F)cc3F)nc2)c(=O)c1Cl. The molecule has 0 unspecified atom stereocenters. The van der Waals surface area contributed by atoms with Gasteiger partial charge in [-0.15, -0.1) is 0 Å². The number of nitrogens with one attached hydrogen (secondary N) is 1. The Morgan fingerprint density at radius 2 is 1.85 bits per heavy atom. The summed E-state index contributed by atoms with van der Waals surface area (Å²) < 4.78 is 26.6. The molecule has 0 saturated carbocycles. The maximum atomic E-state index is 13.7. The molecule has 1 aromatic carbocycles. The summed E-state index contributed by atoms with van der Waals surface area (Å²) in [6, 6.07) is 7.15. The number of aromatic amines is 1. The van der Waals surface area contributed by atoms with Gasteiger partial charge in [-0.1, -0.05) is 23.7 Å². The first kappa shape index (κ1) is 18.3. The van der Waals surface area contributed by atoms with Gasteiger partial charge in [0.15, 0.2) is 0 Å². The van der Waals surface area contributed by atoms with Crippen molar-refractivity contribution in [2.45, 2.75) is 26.7 Å². The highest BCUT2D eigenvalue weighted by Gasteiger charge is 2.13. The summed E-state index contributed by atoms with van der Waals surface area (Å²) in [4.78, 5) is 19.9. The van der Waals surface area contributed by atoms with Crippen molar-refractivity contribution in [3.8, 4) is 11.1 Å². The molecule has 0 aliphatic rings. The molecule has 0 spiro atoms. The van der Waals surface area contributed by atoms with Crippen LogP contribution in [0.3, 0.4) is 0 Å². The molecule has 3 nitrogen and oxygen atoms in total. The van der Waals surface area contributed by atoms with E-state index in [1.165, 1.54) is 12.1 Å². The Labute approximate surface area is 154 Å². The zero-order valence-corrected chi connectivity index (χ0v) is 15.1. The van der Waals surface area contributed by atoms with Crippen LogP contribution in [0, 0.1) is 25.5 Å². The number of hydrogen-bond donors (Lipinski definition) is 1. The molecule has 0 amide bonds. The fourth-order valence-electron chi connectivity index (χ4n) is 2.90. The second kappa shape index (κ2) is 7.38. The highest BCUT2D eigenvalue weighted by atomic mass is 35.5. The Hall–Kier alpha value is -2.53. The fourth-order valence-corrected chi connectivity index (χ4v) is 3.05. The molecule has 0 aliphatic heterocycles. The molecule has 0 bridgehead atoms. The summed E-state index contributed by atoms with van der Waals surface area (Å²) in [7, 11) is 0. The minimum Gasteiger partial charge on any atom is -0.361 e. The van der Waals surface area contributed by atoms with Crippen molar-refractivity contribution in [1.82, 2.24) is 9.97 Å². The summed E-state index contributed by atoms with van der Waals surface area (Å²) in [5.41, 5.74) is 3.47. The third-order valence-electron chi connectivity index (χ3n) is 4.28. The number of H-pyrrole nitrogens is 1. The Morgan fingerprint density at radius 1 is 1.08 bits per heavy atom. The van der Waals surface area contributed by atoms with Crippen LogP contribution < -0.4 is 5.43 Å². The normalized spacial score (nSPS) is 11.0. The number of aryl methyl sites for hydroxylation is 4. The van der Waals surface area contributed by atoms with Crippen molar-refractivity contribution < 1.29 is 8.78 Å². The Kier molecular flexibility index (Phi) is 5.18. The average molecular weight is 375 g/mol. The molecule has 0 radical (unpaired) electrons. The molecule has 26 heavy (non-hydrogen) atoms. The quantitative estimate of drug-likeness (QED) is 0.715. The van der Waals surface area contributed by atoms with Gasteiger partial charge in [0.05, 0.1) is 5.56 Å². The average Bonchev–Trinajstić information content (AvgIpc) is 2.60. The van der Waals surface area contributed by atoms with E-state index in [1.807, 2.05) is 6.92 Å². The van der Waals surface area contributed by atoms with Crippen LogP contribution in [0.1, 0.15) is 22.6 Å². The van der Waals surface area contributed by atoms with Crippen molar-refractivity contribution in [3.05, 3.63) is 86.1 Å². The van der Waals surface area contributed by atoms with Crippen molar-refractivity contribution in [1.29, 1.82) is 0 Å². The molecule has 2 heterocycles. The number of aromatic nitrogens is 2. The third-order valence-corrected chi connectivity index (χ3v) is 4.74. The van der Waals surface area contributed by atoms with Gasteiger partial charge in [0.2, 0.25) is 5.43 Å². The predicted molar refractivity (Wildman–Crippen MR) is 98.5 cm³/mol. The minimum absolute atomic E-state index is 0.168. The van der Waals surface area contributed by atoms with E-state index in [0.717, 1.165) is 17.5 Å². The Morgan fingerprint density at radius 3 is 2.50 bits per heavy atom. The third kappa shape index (κ3) is 3.68. The summed E-state index contributed by atoms with van der Waals surface area (Å²) >= 11 is 6.05. The summed E-state index contributed by atoms with van der Waals surface area (Å²) in [6.07, 6.45) is 2.53. The monoisotopic (exact) mass is 374 g/mol. The van der Waals surface area contributed by atoms with Crippen molar-refractivity contribution in [2.24, 2.45) is 0 Å². The first-order chi connectivity index (χ1) is 12.4. The topological polar surface area (TPSA) is 45.8 Å². The Balaban J connectivity index is 1.81. The zero-order valence-electron chi connectivity index (χ0n) is 14.4. The van der Waals surface area contributed by atoms with Crippen LogP contribution in [0.15, 0.2) is 41.3 Å². The van der Waals surface area contributed by atoms with E-state index in [9.17, 15) is 13.6 Å². The highest BCUT2D eigenvalue weighted by Crippen LogP contribution is 2.22. The van der Waals surface area contributed by atoms with Gasteiger partial charge in [-0.3, -0.25) is 9.78 Å². The van der Waals surface area contributed by atoms with Crippen LogP contribution >= 0.6 is 11.6 Å². The first-order valence-electron chi connectivity index (χ1n) is 8.15. The standard InChI is InChI=1S/C20H17ClF2N2O/c1-11-18(20(26)19(21)12(2)25-11)14-5-8-16(24-10-14)7-4-13-3-6-15(22)9-17(13)23/h3,5-6,8-10H,4,7H2,1-2H3,(H,25,26). The van der Waals surface area contributed by atoms with Crippen molar-refractivity contribution >= 4 is 11.6 Å². The van der Waals surface area contributed by atoms with E-state index in [1.54, 1.807) is 25.3 Å². The molecular formula is C20H17ClF2N2O. The van der Waals surface area contributed by atoms with E-state index < -0.39 is 11.6 Å². The van der Waals surface area contributed by atoms with Crippen LogP contribution in [0.5, 0.6) is 0 Å². The second-order valence-electron chi connectivity index (χ2n) is 6.17. The van der Waals surface area contributed by atoms with Crippen LogP contribution in [0.4, 0.5) is 8.78 Å². The summed E-state index contributed by atoms with van der Waals surface area (Å²) in [6.45, 7) is 3.56. The molecule has 3 rings (SSSR count). The van der Waals surface area contributed by atoms with E-state index >= 15 is 0 Å². The predicted octanol–water partition coefficient (Wildman–Crippen LogP) is 4.77. The molecule has 0 aliphatic carbocycles. The van der Waals surface area contributed by atoms with E-state index in [-0.39, 0.29) is 10.5 Å². The van der Waals surface area contributed by atoms with Crippen LogP contribution in [-0.2, 0) is 12.8 Å². The number of hydrogen-bond acceptors (Lipinski definition) is 2. The maximum Gasteiger partial charge on any atom is 0.208 e. The van der Waals surface area contributed by atoms with Crippen molar-refractivity contribution in [3.63, 3.8) is 0 Å². The molecule has 1 N–H and O–H groups in total. The van der Waals surface area contributed by atoms with E-state index in [2.05, 4.69) is 9.97 Å². The number of nitrogens with zero attached hydrogens (tertiary/aromatic N) is 1. The summed E-state index contributed by atoms with van der Waals surface area (Å²) in [5.74, 6) is -1.15. The second-order valence-corrected chi connectivity index (χ2v) is 6.55. The lowest BCUT2D eigenvalue weighted by Gasteiger charge is -2.09. The zero-order chi connectivity index (χ0) is 18.8. The first-order valence-corrected chi connectivity index (χ1v) is 8.53. The number of benzene rings is 1. The molecule has 6 heteroatoms. The number of halogens is 3. The molecule has 0 fully saturated rings. The van der Waals surface area contributed by atoms with Gasteiger partial charge in [0.1, 0.15) is 16.7 Å². The lowest BCUT2D eigenvalue weighted by molar-refractivity contribution is 0.571. The van der Waals surface area contributed by atoms with Gasteiger partial charge >= 0.3 is 0 Å². The number of pyridine rings is 2. The fraction of sp³-hybridized carbons (Fsp3) is 0.200. The molecule has 0 saturated heterocycles. The molecule has 3 aromatic rings. The van der Waals surface area contributed by atoms with E-state index in [0.29, 0.717) is 35.2 Å². The highest BCUT2D eigenvalue weighted by molar-refractivity contribution is 6.31. The molecular weight excluding hydrogens is 358 g/mol. The largest absolute Gasteiger partial charge is 0.361 e. The van der Waals surface area contributed by atoms with Gasteiger partial charge in [0.25, 0.3) is 0 Å². The van der Waals surface area contributed by atoms with Crippen LogP contribution in [0.25, 0.3) is 11.1 Å². The maximum absolute atomic E-state index is 13.7. The molecule has 2 aromatic heterocycles. The smallest absolute Gasteiger partial charge is 0.208 e. The van der Waals surface area contributed by atoms with Crippen molar-refractivity contribution in [2.75, 3.05) is 0 Å². The van der Waals surface area contributed by atoms with Gasteiger partial charge in [0, 0.05) is 34.9 Å². The number of rotatable bonds is 4. The van der Waals surface area contributed by atoms with Gasteiger partial charge in [-0.05, 0) is 44.4 Å². The lowest BCUT2D eigenvalue weighted by atomic mass is 10.0.